The van der Waals surface area contributed by atoms with Gasteiger partial charge in [0.2, 0.25) is 0 Å². The van der Waals surface area contributed by atoms with Crippen molar-refractivity contribution in [1.29, 1.82) is 0 Å². The standard InChI is InChI=1S/C12H10INO2/c1-14(10-6-3-2-5-9(10)13)12(15)11-7-4-8-16-11/h2-8H,1H3. The van der Waals surface area contributed by atoms with E-state index in [1.807, 2.05) is 24.3 Å². The predicted octanol–water partition coefficient (Wildman–Crippen LogP) is 3.16. The lowest BCUT2D eigenvalue weighted by Gasteiger charge is -2.17. The van der Waals surface area contributed by atoms with Gasteiger partial charge in [0, 0.05) is 10.6 Å². The molecular formula is C12H10INO2. The molecule has 0 bridgehead atoms. The molecule has 82 valence electrons. The van der Waals surface area contributed by atoms with Gasteiger partial charge >= 0.3 is 0 Å². The summed E-state index contributed by atoms with van der Waals surface area (Å²) in [6, 6.07) is 11.1. The fraction of sp³-hybridized carbons (Fsp3) is 0.0833. The van der Waals surface area contributed by atoms with Crippen molar-refractivity contribution < 1.29 is 9.21 Å². The zero-order valence-corrected chi connectivity index (χ0v) is 10.8. The van der Waals surface area contributed by atoms with Crippen molar-refractivity contribution in [2.45, 2.75) is 0 Å². The number of anilines is 1. The van der Waals surface area contributed by atoms with Crippen LogP contribution in [0.25, 0.3) is 0 Å². The van der Waals surface area contributed by atoms with E-state index < -0.39 is 0 Å². The zero-order valence-electron chi connectivity index (χ0n) is 8.68. The van der Waals surface area contributed by atoms with E-state index in [9.17, 15) is 4.79 Å². The lowest BCUT2D eigenvalue weighted by molar-refractivity contribution is 0.0966. The SMILES string of the molecule is CN(C(=O)c1ccco1)c1ccccc1I. The molecule has 4 heteroatoms. The van der Waals surface area contributed by atoms with E-state index in [4.69, 9.17) is 4.42 Å². The number of benzene rings is 1. The van der Waals surface area contributed by atoms with Gasteiger partial charge in [-0.3, -0.25) is 4.79 Å². The number of amides is 1. The van der Waals surface area contributed by atoms with Gasteiger partial charge in [0.15, 0.2) is 5.76 Å². The average Bonchev–Trinajstić information content (AvgIpc) is 2.81. The largest absolute Gasteiger partial charge is 0.459 e. The summed E-state index contributed by atoms with van der Waals surface area (Å²) in [6.45, 7) is 0. The highest BCUT2D eigenvalue weighted by molar-refractivity contribution is 14.1. The van der Waals surface area contributed by atoms with Gasteiger partial charge in [-0.2, -0.15) is 0 Å². The molecule has 1 aromatic carbocycles. The molecule has 1 heterocycles. The molecule has 0 saturated heterocycles. The first-order chi connectivity index (χ1) is 7.70. The molecule has 1 amide bonds. The van der Waals surface area contributed by atoms with Gasteiger partial charge in [0.1, 0.15) is 0 Å². The average molecular weight is 327 g/mol. The minimum absolute atomic E-state index is 0.144. The maximum Gasteiger partial charge on any atom is 0.293 e. The Balaban J connectivity index is 2.30. The Kier molecular flexibility index (Phi) is 3.28. The van der Waals surface area contributed by atoms with Crippen LogP contribution in [-0.2, 0) is 0 Å². The Labute approximate surface area is 107 Å². The third-order valence-corrected chi connectivity index (χ3v) is 3.16. The first kappa shape index (κ1) is 11.2. The highest BCUT2D eigenvalue weighted by Gasteiger charge is 2.17. The number of hydrogen-bond acceptors (Lipinski definition) is 2. The molecule has 0 radical (unpaired) electrons. The smallest absolute Gasteiger partial charge is 0.293 e. The summed E-state index contributed by atoms with van der Waals surface area (Å²) >= 11 is 2.20. The summed E-state index contributed by atoms with van der Waals surface area (Å²) in [7, 11) is 1.74. The molecule has 2 rings (SSSR count). The molecule has 0 fully saturated rings. The van der Waals surface area contributed by atoms with Gasteiger partial charge in [-0.15, -0.1) is 0 Å². The van der Waals surface area contributed by atoms with Crippen molar-refractivity contribution in [1.82, 2.24) is 0 Å². The van der Waals surface area contributed by atoms with Crippen LogP contribution in [0.2, 0.25) is 0 Å². The fourth-order valence-electron chi connectivity index (χ4n) is 1.40. The fourth-order valence-corrected chi connectivity index (χ4v) is 2.15. The normalized spacial score (nSPS) is 10.1. The van der Waals surface area contributed by atoms with Crippen LogP contribution >= 0.6 is 22.6 Å². The summed E-state index contributed by atoms with van der Waals surface area (Å²) in [5.41, 5.74) is 0.879. The first-order valence-corrected chi connectivity index (χ1v) is 5.84. The maximum atomic E-state index is 12.0. The summed E-state index contributed by atoms with van der Waals surface area (Å²) < 4.78 is 6.11. The highest BCUT2D eigenvalue weighted by atomic mass is 127. The summed E-state index contributed by atoms with van der Waals surface area (Å²) in [5.74, 6) is 0.205. The van der Waals surface area contributed by atoms with Crippen molar-refractivity contribution in [2.24, 2.45) is 0 Å². The molecule has 0 saturated carbocycles. The molecule has 0 aliphatic rings. The number of carbonyl (C=O) groups is 1. The summed E-state index contributed by atoms with van der Waals surface area (Å²) in [4.78, 5) is 13.6. The van der Waals surface area contributed by atoms with Crippen LogP contribution in [0.4, 0.5) is 5.69 Å². The number of para-hydroxylation sites is 1. The maximum absolute atomic E-state index is 12.0. The van der Waals surface area contributed by atoms with Crippen LogP contribution < -0.4 is 4.90 Å². The highest BCUT2D eigenvalue weighted by Crippen LogP contribution is 2.22. The second kappa shape index (κ2) is 4.69. The molecule has 2 aromatic rings. The molecular weight excluding hydrogens is 317 g/mol. The molecule has 1 aromatic heterocycles. The van der Waals surface area contributed by atoms with Crippen LogP contribution in [0.5, 0.6) is 0 Å². The monoisotopic (exact) mass is 327 g/mol. The lowest BCUT2D eigenvalue weighted by atomic mass is 10.3. The van der Waals surface area contributed by atoms with Gasteiger partial charge in [-0.1, -0.05) is 12.1 Å². The molecule has 0 aliphatic carbocycles. The number of hydrogen-bond donors (Lipinski definition) is 0. The van der Waals surface area contributed by atoms with E-state index in [1.165, 1.54) is 6.26 Å². The van der Waals surface area contributed by atoms with Crippen molar-refractivity contribution >= 4 is 34.2 Å². The molecule has 3 nitrogen and oxygen atoms in total. The summed E-state index contributed by atoms with van der Waals surface area (Å²) in [5, 5.41) is 0. The van der Waals surface area contributed by atoms with Crippen molar-refractivity contribution in [3.8, 4) is 0 Å². The minimum atomic E-state index is -0.144. The Morgan fingerprint density at radius 3 is 2.62 bits per heavy atom. The van der Waals surface area contributed by atoms with Crippen molar-refractivity contribution in [3.63, 3.8) is 0 Å². The summed E-state index contributed by atoms with van der Waals surface area (Å²) in [6.07, 6.45) is 1.50. The third-order valence-electron chi connectivity index (χ3n) is 2.25. The van der Waals surface area contributed by atoms with Crippen molar-refractivity contribution in [2.75, 3.05) is 11.9 Å². The number of furan rings is 1. The van der Waals surface area contributed by atoms with Gasteiger partial charge in [0.05, 0.1) is 12.0 Å². The van der Waals surface area contributed by atoms with E-state index in [1.54, 1.807) is 24.1 Å². The van der Waals surface area contributed by atoms with E-state index >= 15 is 0 Å². The van der Waals surface area contributed by atoms with Gasteiger partial charge in [-0.25, -0.2) is 0 Å². The predicted molar refractivity (Wildman–Crippen MR) is 70.6 cm³/mol. The van der Waals surface area contributed by atoms with Crippen LogP contribution in [0.1, 0.15) is 10.6 Å². The third kappa shape index (κ3) is 2.11. The molecule has 0 unspecified atom stereocenters. The van der Waals surface area contributed by atoms with Gasteiger partial charge in [0.25, 0.3) is 5.91 Å². The van der Waals surface area contributed by atoms with Gasteiger partial charge < -0.3 is 9.32 Å². The second-order valence-electron chi connectivity index (χ2n) is 3.29. The Morgan fingerprint density at radius 1 is 1.25 bits per heavy atom. The topological polar surface area (TPSA) is 33.5 Å². The van der Waals surface area contributed by atoms with Crippen LogP contribution in [-0.4, -0.2) is 13.0 Å². The molecule has 0 spiro atoms. The molecule has 0 N–H and O–H groups in total. The lowest BCUT2D eigenvalue weighted by Crippen LogP contribution is -2.26. The number of nitrogens with zero attached hydrogens (tertiary/aromatic N) is 1. The Hall–Kier alpha value is -1.30. The second-order valence-corrected chi connectivity index (χ2v) is 4.46. The van der Waals surface area contributed by atoms with Crippen molar-refractivity contribution in [3.05, 3.63) is 52.0 Å². The van der Waals surface area contributed by atoms with Gasteiger partial charge in [-0.05, 0) is 46.9 Å². The number of carbonyl (C=O) groups excluding carboxylic acids is 1. The van der Waals surface area contributed by atoms with E-state index in [0.717, 1.165) is 9.26 Å². The molecule has 0 aliphatic heterocycles. The zero-order chi connectivity index (χ0) is 11.5. The number of halogens is 1. The van der Waals surface area contributed by atoms with Crippen LogP contribution in [0.15, 0.2) is 47.1 Å². The Morgan fingerprint density at radius 2 is 2.00 bits per heavy atom. The minimum Gasteiger partial charge on any atom is -0.459 e. The van der Waals surface area contributed by atoms with E-state index in [0.29, 0.717) is 5.76 Å². The molecule has 0 atom stereocenters. The van der Waals surface area contributed by atoms with E-state index in [2.05, 4.69) is 22.6 Å². The first-order valence-electron chi connectivity index (χ1n) is 4.76. The van der Waals surface area contributed by atoms with E-state index in [-0.39, 0.29) is 5.91 Å². The van der Waals surface area contributed by atoms with Crippen LogP contribution in [0, 0.1) is 3.57 Å². The Bertz CT molecular complexity index is 493. The molecule has 16 heavy (non-hydrogen) atoms. The quantitative estimate of drug-likeness (QED) is 0.794. The van der Waals surface area contributed by atoms with Crippen LogP contribution in [0.3, 0.4) is 0 Å². The number of rotatable bonds is 2.